The molecule has 2 bridgehead atoms. The molecule has 2 aromatic rings. The van der Waals surface area contributed by atoms with Crippen LogP contribution in [0.4, 0.5) is 0 Å². The zero-order valence-electron chi connectivity index (χ0n) is 24.1. The maximum atomic E-state index is 13.7. The fourth-order valence-electron chi connectivity index (χ4n) is 5.07. The summed E-state index contributed by atoms with van der Waals surface area (Å²) in [7, 11) is 3.10. The minimum atomic E-state index is -0.907. The molecule has 1 unspecified atom stereocenters. The van der Waals surface area contributed by atoms with Gasteiger partial charge in [-0.1, -0.05) is 90.6 Å². The topological polar surface area (TPSA) is 114 Å². The van der Waals surface area contributed by atoms with Crippen molar-refractivity contribution in [3.63, 3.8) is 0 Å². The van der Waals surface area contributed by atoms with Crippen LogP contribution in [0.25, 0.3) is 10.8 Å². The largest absolute Gasteiger partial charge is 0.489 e. The predicted molar refractivity (Wildman–Crippen MR) is 170 cm³/mol. The van der Waals surface area contributed by atoms with E-state index in [0.717, 1.165) is 28.5 Å². The summed E-state index contributed by atoms with van der Waals surface area (Å²) in [6.45, 7) is 7.79. The van der Waals surface area contributed by atoms with E-state index in [0.29, 0.717) is 11.5 Å². The molecule has 0 aromatic heterocycles. The molecular formula is C32H39N3O5S2. The van der Waals surface area contributed by atoms with Crippen LogP contribution < -0.4 is 16.0 Å². The minimum Gasteiger partial charge on any atom is -0.489 e. The molecule has 10 heteroatoms. The summed E-state index contributed by atoms with van der Waals surface area (Å²) in [6.07, 6.45) is 4.39. The smallest absolute Gasteiger partial charge is 0.244 e. The van der Waals surface area contributed by atoms with Crippen molar-refractivity contribution in [1.29, 1.82) is 0 Å². The lowest BCUT2D eigenvalue weighted by molar-refractivity contribution is -0.135. The van der Waals surface area contributed by atoms with Crippen molar-refractivity contribution in [2.75, 3.05) is 18.1 Å². The molecule has 4 atom stereocenters. The van der Waals surface area contributed by atoms with Gasteiger partial charge in [-0.05, 0) is 34.8 Å². The van der Waals surface area contributed by atoms with Crippen LogP contribution in [0.1, 0.15) is 38.7 Å². The van der Waals surface area contributed by atoms with Crippen molar-refractivity contribution >= 4 is 55.9 Å². The molecule has 0 aliphatic carbocycles. The molecule has 4 rings (SSSR count). The number of hydrogen-bond acceptors (Lipinski definition) is 7. The summed E-state index contributed by atoms with van der Waals surface area (Å²) in [5.74, 6) is -0.631. The number of rotatable bonds is 3. The van der Waals surface area contributed by atoms with Crippen molar-refractivity contribution in [3.8, 4) is 0 Å². The van der Waals surface area contributed by atoms with E-state index in [4.69, 9.17) is 4.74 Å². The van der Waals surface area contributed by atoms with Crippen molar-refractivity contribution in [1.82, 2.24) is 16.0 Å². The van der Waals surface area contributed by atoms with Crippen molar-refractivity contribution < 1.29 is 23.9 Å². The Kier molecular flexibility index (Phi) is 11.5. The number of carbonyl (C=O) groups is 4. The predicted octanol–water partition coefficient (Wildman–Crippen LogP) is 4.34. The monoisotopic (exact) mass is 609 g/mol. The number of ether oxygens (including phenoxy) is 1. The Morgan fingerprint density at radius 2 is 1.74 bits per heavy atom. The van der Waals surface area contributed by atoms with E-state index in [1.165, 1.54) is 10.8 Å². The van der Waals surface area contributed by atoms with Gasteiger partial charge in [0.25, 0.3) is 0 Å². The maximum Gasteiger partial charge on any atom is 0.244 e. The lowest BCUT2D eigenvalue weighted by atomic mass is 9.88. The van der Waals surface area contributed by atoms with Gasteiger partial charge in [-0.15, -0.1) is 0 Å². The Hall–Kier alpha value is -3.24. The number of hydrogen-bond donors (Lipinski definition) is 3. The normalized spacial score (nSPS) is 26.1. The lowest BCUT2D eigenvalue weighted by Gasteiger charge is -2.27. The number of allylic oxidation sites excluding steroid dienone is 1. The van der Waals surface area contributed by atoms with Crippen LogP contribution in [0, 0.1) is 11.8 Å². The molecule has 1 fully saturated rings. The Morgan fingerprint density at radius 3 is 2.55 bits per heavy atom. The summed E-state index contributed by atoms with van der Waals surface area (Å²) in [4.78, 5) is 53.9. The fourth-order valence-corrected chi connectivity index (χ4v) is 7.23. The number of carbonyl (C=O) groups excluding carboxylic acids is 4. The van der Waals surface area contributed by atoms with Gasteiger partial charge in [-0.2, -0.15) is 0 Å². The number of benzene rings is 2. The highest BCUT2D eigenvalue weighted by atomic mass is 33.1. The Bertz CT molecular complexity index is 1340. The third-order valence-corrected chi connectivity index (χ3v) is 9.85. The van der Waals surface area contributed by atoms with Crippen LogP contribution in [0.5, 0.6) is 0 Å². The van der Waals surface area contributed by atoms with Gasteiger partial charge >= 0.3 is 0 Å². The first-order valence-electron chi connectivity index (χ1n) is 14.3. The molecule has 1 saturated heterocycles. The van der Waals surface area contributed by atoms with Gasteiger partial charge in [0.1, 0.15) is 29.7 Å². The summed E-state index contributed by atoms with van der Waals surface area (Å²) < 4.78 is 6.02. The Balaban J connectivity index is 1.70. The van der Waals surface area contributed by atoms with Crippen molar-refractivity contribution in [2.24, 2.45) is 11.8 Å². The molecule has 3 N–H and O–H groups in total. The number of nitrogens with one attached hydrogen (secondary N) is 3. The lowest BCUT2D eigenvalue weighted by Crippen LogP contribution is -2.56. The van der Waals surface area contributed by atoms with Crippen LogP contribution >= 0.6 is 21.6 Å². The standard InChI is InChI=1S/C32H39N3O5S2/c1-20(2)27-17-24(36)16-25-12-6-7-14-41-42-19-29(35-30(27)37)32(39)34-28(31(38)33-18-21(3)40-25)15-23-11-8-10-22-9-4-5-13-26(22)23/h4-6,8-13,20,25,27-29H,3,7,14-19H2,1-2H3,(H,33,38)(H,34,39)(H,35,37)/b12-6+/t25?,27-,28+,29-/m1/s1. The molecule has 8 nitrogen and oxygen atoms in total. The average molecular weight is 610 g/mol. The zero-order valence-corrected chi connectivity index (χ0v) is 25.7. The number of amides is 3. The van der Waals surface area contributed by atoms with Gasteiger partial charge in [0.2, 0.25) is 17.7 Å². The number of ketones is 1. The van der Waals surface area contributed by atoms with Crippen LogP contribution in [0.2, 0.25) is 0 Å². The van der Waals surface area contributed by atoms with Gasteiger partial charge in [0, 0.05) is 36.7 Å². The highest BCUT2D eigenvalue weighted by molar-refractivity contribution is 8.76. The first kappa shape index (κ1) is 31.7. The van der Waals surface area contributed by atoms with E-state index < -0.39 is 35.9 Å². The molecule has 0 spiro atoms. The highest BCUT2D eigenvalue weighted by Gasteiger charge is 2.32. The molecule has 2 aromatic carbocycles. The van der Waals surface area contributed by atoms with Crippen LogP contribution in [-0.2, 0) is 30.3 Å². The zero-order chi connectivity index (χ0) is 30.1. The quantitative estimate of drug-likeness (QED) is 0.351. The van der Waals surface area contributed by atoms with E-state index in [-0.39, 0.29) is 43.4 Å². The van der Waals surface area contributed by atoms with E-state index in [2.05, 4.69) is 22.5 Å². The summed E-state index contributed by atoms with van der Waals surface area (Å²) in [5.41, 5.74) is 0.915. The van der Waals surface area contributed by atoms with Gasteiger partial charge in [-0.25, -0.2) is 0 Å². The summed E-state index contributed by atoms with van der Waals surface area (Å²) >= 11 is 0. The third-order valence-electron chi connectivity index (χ3n) is 7.40. The van der Waals surface area contributed by atoms with E-state index in [1.54, 1.807) is 10.8 Å². The molecule has 0 saturated carbocycles. The molecular weight excluding hydrogens is 571 g/mol. The van der Waals surface area contributed by atoms with Gasteiger partial charge in [0.15, 0.2) is 0 Å². The molecule has 2 aliphatic rings. The van der Waals surface area contributed by atoms with Crippen LogP contribution in [0.15, 0.2) is 67.0 Å². The van der Waals surface area contributed by atoms with Gasteiger partial charge < -0.3 is 20.7 Å². The molecule has 2 heterocycles. The second kappa shape index (κ2) is 15.3. The Morgan fingerprint density at radius 1 is 0.952 bits per heavy atom. The van der Waals surface area contributed by atoms with E-state index in [1.807, 2.05) is 68.5 Å². The van der Waals surface area contributed by atoms with E-state index in [9.17, 15) is 19.2 Å². The first-order chi connectivity index (χ1) is 20.2. The molecule has 2 aliphatic heterocycles. The van der Waals surface area contributed by atoms with Crippen molar-refractivity contribution in [3.05, 3.63) is 72.5 Å². The highest BCUT2D eigenvalue weighted by Crippen LogP contribution is 2.26. The van der Waals surface area contributed by atoms with Crippen LogP contribution in [-0.4, -0.2) is 59.7 Å². The average Bonchev–Trinajstić information content (AvgIpc) is 2.96. The van der Waals surface area contributed by atoms with Gasteiger partial charge in [-0.3, -0.25) is 19.2 Å². The van der Waals surface area contributed by atoms with E-state index >= 15 is 0 Å². The molecule has 0 radical (unpaired) electrons. The third kappa shape index (κ3) is 8.88. The number of Topliss-reactive ketones (excluding diaryl/α,β-unsaturated/α-hetero) is 1. The SMILES string of the molecule is C=C1CNC(=O)[C@H](Cc2cccc3ccccc23)NC(=O)[C@H]2CSSCC/C=C/C(CC(=O)C[C@H](C(C)C)C(=O)N2)O1. The second-order valence-corrected chi connectivity index (χ2v) is 13.6. The summed E-state index contributed by atoms with van der Waals surface area (Å²) in [5, 5.41) is 10.7. The van der Waals surface area contributed by atoms with Crippen molar-refractivity contribution in [2.45, 2.75) is 57.7 Å². The molecule has 42 heavy (non-hydrogen) atoms. The number of fused-ring (bicyclic) bond motifs is 8. The van der Waals surface area contributed by atoms with Gasteiger partial charge in [0.05, 0.1) is 6.54 Å². The molecule has 3 amide bonds. The maximum absolute atomic E-state index is 13.7. The first-order valence-corrected chi connectivity index (χ1v) is 16.8. The molecule has 224 valence electrons. The summed E-state index contributed by atoms with van der Waals surface area (Å²) in [6, 6.07) is 12.0. The Labute approximate surface area is 255 Å². The second-order valence-electron chi connectivity index (χ2n) is 11.0. The minimum absolute atomic E-state index is 0.0275. The fraction of sp³-hybridized carbons (Fsp3) is 0.438. The van der Waals surface area contributed by atoms with Crippen LogP contribution in [0.3, 0.4) is 0 Å².